The van der Waals surface area contributed by atoms with Crippen molar-refractivity contribution in [2.75, 3.05) is 12.0 Å². The molecule has 7 heteroatoms. The lowest BCUT2D eigenvalue weighted by Crippen LogP contribution is -2.41. The van der Waals surface area contributed by atoms with Crippen molar-refractivity contribution in [1.29, 1.82) is 0 Å². The zero-order chi connectivity index (χ0) is 27.6. The van der Waals surface area contributed by atoms with Crippen LogP contribution < -0.4 is 14.8 Å². The molecule has 4 aromatic carbocycles. The Morgan fingerprint density at radius 3 is 2.21 bits per heavy atom. The zero-order valence-electron chi connectivity index (χ0n) is 21.9. The van der Waals surface area contributed by atoms with Crippen molar-refractivity contribution < 1.29 is 24.2 Å². The minimum absolute atomic E-state index is 0.297. The standard InChI is InChI=1S/C32H31NO5S/c1-22-8-6-7-11-27(22)29-20-23(12-17-28(29)31(34)33-30(32(35)36)18-19-39-2)21-37-24-13-15-26(16-14-24)38-25-9-4-3-5-10-25/h3-17,20,30H,18-19,21H2,1-2H3,(H,33,34)(H,35,36)/t30-/m0/s1. The quantitative estimate of drug-likeness (QED) is 0.202. The molecular formula is C32H31NO5S. The molecule has 0 spiro atoms. The van der Waals surface area contributed by atoms with Gasteiger partial charge in [0, 0.05) is 5.56 Å². The first kappa shape index (κ1) is 27.8. The first-order chi connectivity index (χ1) is 18.9. The number of benzene rings is 4. The molecule has 0 heterocycles. The van der Waals surface area contributed by atoms with E-state index in [2.05, 4.69) is 5.32 Å². The number of carbonyl (C=O) groups excluding carboxylic acids is 1. The van der Waals surface area contributed by atoms with E-state index in [0.29, 0.717) is 35.8 Å². The molecule has 0 bridgehead atoms. The number of rotatable bonds is 12. The number of amides is 1. The molecule has 6 nitrogen and oxygen atoms in total. The molecule has 4 rings (SSSR count). The molecule has 0 aliphatic rings. The molecule has 200 valence electrons. The first-order valence-electron chi connectivity index (χ1n) is 12.6. The van der Waals surface area contributed by atoms with E-state index >= 15 is 0 Å². The molecule has 0 aliphatic heterocycles. The third-order valence-corrected chi connectivity index (χ3v) is 6.83. The van der Waals surface area contributed by atoms with Gasteiger partial charge in [0.25, 0.3) is 5.91 Å². The van der Waals surface area contributed by atoms with Gasteiger partial charge in [-0.3, -0.25) is 4.79 Å². The fourth-order valence-corrected chi connectivity index (χ4v) is 4.57. The van der Waals surface area contributed by atoms with E-state index < -0.39 is 17.9 Å². The van der Waals surface area contributed by atoms with Gasteiger partial charge in [0.1, 0.15) is 29.9 Å². The van der Waals surface area contributed by atoms with E-state index in [1.54, 1.807) is 17.8 Å². The number of thioether (sulfide) groups is 1. The molecule has 0 unspecified atom stereocenters. The summed E-state index contributed by atoms with van der Waals surface area (Å²) in [5.74, 6) is 1.34. The molecule has 2 N–H and O–H groups in total. The van der Waals surface area contributed by atoms with Gasteiger partial charge < -0.3 is 19.9 Å². The predicted octanol–water partition coefficient (Wildman–Crippen LogP) is 6.97. The van der Waals surface area contributed by atoms with Crippen molar-refractivity contribution in [2.24, 2.45) is 0 Å². The van der Waals surface area contributed by atoms with Gasteiger partial charge in [-0.1, -0.05) is 48.5 Å². The normalized spacial score (nSPS) is 11.4. The molecule has 0 fully saturated rings. The van der Waals surface area contributed by atoms with E-state index in [1.165, 1.54) is 0 Å². The van der Waals surface area contributed by atoms with E-state index in [1.807, 2.05) is 104 Å². The Morgan fingerprint density at radius 2 is 1.51 bits per heavy atom. The Kier molecular flexibility index (Phi) is 9.64. The van der Waals surface area contributed by atoms with Crippen LogP contribution in [0, 0.1) is 6.92 Å². The topological polar surface area (TPSA) is 84.9 Å². The first-order valence-corrected chi connectivity index (χ1v) is 14.0. The molecular weight excluding hydrogens is 510 g/mol. The van der Waals surface area contributed by atoms with Crippen molar-refractivity contribution in [3.05, 3.63) is 114 Å². The Labute approximate surface area is 233 Å². The predicted molar refractivity (Wildman–Crippen MR) is 156 cm³/mol. The fraction of sp³-hybridized carbons (Fsp3) is 0.188. The summed E-state index contributed by atoms with van der Waals surface area (Å²) in [6.07, 6.45) is 2.26. The number of para-hydroxylation sites is 1. The number of carboxylic acid groups (broad SMARTS) is 1. The SMILES string of the molecule is CSCC[C@H](NC(=O)c1ccc(COc2ccc(Oc3ccccc3)cc2)cc1-c1ccccc1C)C(=O)O. The maximum Gasteiger partial charge on any atom is 0.326 e. The summed E-state index contributed by atoms with van der Waals surface area (Å²) in [5.41, 5.74) is 3.95. The number of aliphatic carboxylic acids is 1. The number of aryl methyl sites for hydroxylation is 1. The number of hydrogen-bond donors (Lipinski definition) is 2. The van der Waals surface area contributed by atoms with Crippen molar-refractivity contribution in [3.63, 3.8) is 0 Å². The van der Waals surface area contributed by atoms with Crippen LogP contribution in [0.4, 0.5) is 0 Å². The monoisotopic (exact) mass is 541 g/mol. The molecule has 4 aromatic rings. The van der Waals surface area contributed by atoms with Crippen LogP contribution in [-0.4, -0.2) is 35.0 Å². The van der Waals surface area contributed by atoms with Gasteiger partial charge in [0.15, 0.2) is 0 Å². The molecule has 0 saturated heterocycles. The van der Waals surface area contributed by atoms with Crippen molar-refractivity contribution >= 4 is 23.6 Å². The Bertz CT molecular complexity index is 1410. The van der Waals surface area contributed by atoms with Crippen LogP contribution in [0.1, 0.15) is 27.9 Å². The highest BCUT2D eigenvalue weighted by Crippen LogP contribution is 2.29. The van der Waals surface area contributed by atoms with Gasteiger partial charge in [-0.2, -0.15) is 11.8 Å². The maximum absolute atomic E-state index is 13.3. The van der Waals surface area contributed by atoms with Crippen molar-refractivity contribution in [2.45, 2.75) is 26.0 Å². The smallest absolute Gasteiger partial charge is 0.326 e. The van der Waals surface area contributed by atoms with Gasteiger partial charge in [-0.05, 0) is 96.1 Å². The van der Waals surface area contributed by atoms with Crippen LogP contribution in [0.2, 0.25) is 0 Å². The molecule has 1 amide bonds. The maximum atomic E-state index is 13.3. The number of hydrogen-bond acceptors (Lipinski definition) is 5. The highest BCUT2D eigenvalue weighted by molar-refractivity contribution is 7.98. The summed E-state index contributed by atoms with van der Waals surface area (Å²) < 4.78 is 11.9. The molecule has 0 aliphatic carbocycles. The molecule has 0 radical (unpaired) electrons. The van der Waals surface area contributed by atoms with Gasteiger partial charge >= 0.3 is 5.97 Å². The van der Waals surface area contributed by atoms with Crippen LogP contribution in [0.5, 0.6) is 17.2 Å². The average molecular weight is 542 g/mol. The fourth-order valence-electron chi connectivity index (χ4n) is 4.10. The second-order valence-electron chi connectivity index (χ2n) is 9.02. The Hall–Kier alpha value is -4.23. The van der Waals surface area contributed by atoms with Gasteiger partial charge in [0.05, 0.1) is 0 Å². The number of ether oxygens (including phenoxy) is 2. The largest absolute Gasteiger partial charge is 0.489 e. The van der Waals surface area contributed by atoms with Crippen molar-refractivity contribution in [1.82, 2.24) is 5.32 Å². The summed E-state index contributed by atoms with van der Waals surface area (Å²) in [6.45, 7) is 2.28. The van der Waals surface area contributed by atoms with Crippen LogP contribution in [-0.2, 0) is 11.4 Å². The van der Waals surface area contributed by atoms with Crippen LogP contribution in [0.25, 0.3) is 11.1 Å². The summed E-state index contributed by atoms with van der Waals surface area (Å²) in [5, 5.41) is 12.3. The molecule has 0 aromatic heterocycles. The lowest BCUT2D eigenvalue weighted by Gasteiger charge is -2.18. The third-order valence-electron chi connectivity index (χ3n) is 6.19. The minimum atomic E-state index is -1.04. The highest BCUT2D eigenvalue weighted by atomic mass is 32.2. The zero-order valence-corrected chi connectivity index (χ0v) is 22.7. The second kappa shape index (κ2) is 13.5. The Balaban J connectivity index is 1.52. The third kappa shape index (κ3) is 7.65. The van der Waals surface area contributed by atoms with Gasteiger partial charge in [-0.15, -0.1) is 0 Å². The number of carboxylic acids is 1. The summed E-state index contributed by atoms with van der Waals surface area (Å²) in [6, 6.07) is 29.3. The van der Waals surface area contributed by atoms with Gasteiger partial charge in [0.2, 0.25) is 0 Å². The molecule has 39 heavy (non-hydrogen) atoms. The second-order valence-corrected chi connectivity index (χ2v) is 10.0. The number of nitrogens with one attached hydrogen (secondary N) is 1. The summed E-state index contributed by atoms with van der Waals surface area (Å²) in [7, 11) is 0. The van der Waals surface area contributed by atoms with Crippen LogP contribution in [0.15, 0.2) is 97.1 Å². The van der Waals surface area contributed by atoms with Crippen LogP contribution in [0.3, 0.4) is 0 Å². The lowest BCUT2D eigenvalue weighted by atomic mass is 9.93. The lowest BCUT2D eigenvalue weighted by molar-refractivity contribution is -0.139. The summed E-state index contributed by atoms with van der Waals surface area (Å²) >= 11 is 1.54. The van der Waals surface area contributed by atoms with E-state index in [-0.39, 0.29) is 0 Å². The molecule has 0 saturated carbocycles. The average Bonchev–Trinajstić information content (AvgIpc) is 2.95. The minimum Gasteiger partial charge on any atom is -0.489 e. The van der Waals surface area contributed by atoms with E-state index in [9.17, 15) is 14.7 Å². The van der Waals surface area contributed by atoms with E-state index in [4.69, 9.17) is 9.47 Å². The van der Waals surface area contributed by atoms with Crippen LogP contribution >= 0.6 is 11.8 Å². The molecule has 1 atom stereocenters. The van der Waals surface area contributed by atoms with Crippen molar-refractivity contribution in [3.8, 4) is 28.4 Å². The number of carbonyl (C=O) groups is 2. The summed E-state index contributed by atoms with van der Waals surface area (Å²) in [4.78, 5) is 25.0. The van der Waals surface area contributed by atoms with E-state index in [0.717, 1.165) is 28.0 Å². The Morgan fingerprint density at radius 1 is 0.846 bits per heavy atom. The van der Waals surface area contributed by atoms with Gasteiger partial charge in [-0.25, -0.2) is 4.79 Å². The highest BCUT2D eigenvalue weighted by Gasteiger charge is 2.22.